The van der Waals surface area contributed by atoms with Gasteiger partial charge in [-0.25, -0.2) is 24.0 Å². The number of ketones is 1. The molecule has 0 heterocycles. The summed E-state index contributed by atoms with van der Waals surface area (Å²) in [6, 6.07) is 1.26. The summed E-state index contributed by atoms with van der Waals surface area (Å²) in [5, 5.41) is 54.3. The Balaban J connectivity index is 2.63. The van der Waals surface area contributed by atoms with E-state index in [0.29, 0.717) is 77.2 Å². The third-order valence-corrected chi connectivity index (χ3v) is 11.2. The van der Waals surface area contributed by atoms with Crippen LogP contribution in [0.25, 0.3) is 0 Å². The number of carboxylic acid groups (broad SMARTS) is 4. The van der Waals surface area contributed by atoms with Crippen LogP contribution in [0.1, 0.15) is 142 Å². The number of unbranched alkanes of at least 4 members (excludes halogenated alkanes) is 6. The molecule has 0 saturated carbocycles. The number of benzene rings is 1. The van der Waals surface area contributed by atoms with Crippen molar-refractivity contribution in [2.24, 2.45) is 0 Å². The minimum atomic E-state index is -1.73. The lowest BCUT2D eigenvalue weighted by molar-refractivity contribution is -0.150. The van der Waals surface area contributed by atoms with Crippen molar-refractivity contribution in [3.05, 3.63) is 33.4 Å². The predicted molar refractivity (Wildman–Crippen MR) is 265 cm³/mol. The van der Waals surface area contributed by atoms with Gasteiger partial charge in [0.1, 0.15) is 23.7 Å². The maximum absolute atomic E-state index is 13.6. The number of hydrogen-bond donors (Lipinski definition) is 11. The van der Waals surface area contributed by atoms with Gasteiger partial charge in [-0.2, -0.15) is 0 Å². The molecule has 71 heavy (non-hydrogen) atoms. The first kappa shape index (κ1) is 62.9. The van der Waals surface area contributed by atoms with Crippen molar-refractivity contribution >= 4 is 88.0 Å². The number of amides is 7. The fourth-order valence-electron chi connectivity index (χ4n) is 6.77. The van der Waals surface area contributed by atoms with E-state index in [4.69, 9.17) is 9.84 Å². The normalized spacial score (nSPS) is 12.7. The third-order valence-electron chi connectivity index (χ3n) is 10.5. The lowest BCUT2D eigenvalue weighted by Crippen LogP contribution is -2.52. The van der Waals surface area contributed by atoms with Crippen LogP contribution in [0.4, 0.5) is 9.59 Å². The second kappa shape index (κ2) is 35.1. The van der Waals surface area contributed by atoms with E-state index in [1.807, 2.05) is 29.6 Å². The number of Topliss-reactive ketones (excluding diaryl/α,β-unsaturated/α-hetero) is 1. The van der Waals surface area contributed by atoms with Gasteiger partial charge in [0.05, 0.1) is 6.04 Å². The lowest BCUT2D eigenvalue weighted by atomic mass is 10.0. The number of aryl methyl sites for hydroxylation is 1. The highest BCUT2D eigenvalue weighted by atomic mass is 127. The van der Waals surface area contributed by atoms with Crippen LogP contribution in [-0.4, -0.2) is 135 Å². The van der Waals surface area contributed by atoms with E-state index in [-0.39, 0.29) is 51.1 Å². The average Bonchev–Trinajstić information content (AvgIpc) is 3.28. The number of carbonyl (C=O) groups is 11. The van der Waals surface area contributed by atoms with Crippen molar-refractivity contribution in [1.82, 2.24) is 37.2 Å². The molecule has 24 heteroatoms. The van der Waals surface area contributed by atoms with Crippen LogP contribution < -0.4 is 37.2 Å². The maximum atomic E-state index is 13.6. The van der Waals surface area contributed by atoms with Gasteiger partial charge in [0.25, 0.3) is 5.78 Å². The van der Waals surface area contributed by atoms with Crippen molar-refractivity contribution in [3.63, 3.8) is 0 Å². The number of rotatable bonds is 37. The number of urea groups is 1. The van der Waals surface area contributed by atoms with Crippen molar-refractivity contribution < 1.29 is 77.9 Å². The highest BCUT2D eigenvalue weighted by molar-refractivity contribution is 14.1. The summed E-state index contributed by atoms with van der Waals surface area (Å²) < 4.78 is 6.35. The third kappa shape index (κ3) is 31.7. The van der Waals surface area contributed by atoms with Crippen molar-refractivity contribution in [2.75, 3.05) is 19.6 Å². The first-order valence-electron chi connectivity index (χ1n) is 23.8. The Hall–Kier alpha value is -6.08. The Morgan fingerprint density at radius 3 is 1.56 bits per heavy atom. The maximum Gasteiger partial charge on any atom is 0.407 e. The molecule has 1 aromatic carbocycles. The molecule has 0 radical (unpaired) electrons. The van der Waals surface area contributed by atoms with Gasteiger partial charge in [-0.3, -0.25) is 28.8 Å². The molecular weight excluding hydrogens is 1050 g/mol. The van der Waals surface area contributed by atoms with E-state index in [1.165, 1.54) is 0 Å². The van der Waals surface area contributed by atoms with Crippen molar-refractivity contribution in [3.8, 4) is 0 Å². The molecule has 0 aliphatic rings. The second-order valence-electron chi connectivity index (χ2n) is 17.8. The number of carboxylic acids is 4. The fraction of sp³-hybridized carbons (Fsp3) is 0.638. The van der Waals surface area contributed by atoms with Crippen LogP contribution in [-0.2, 0) is 54.3 Å². The van der Waals surface area contributed by atoms with Crippen LogP contribution in [0, 0.1) is 3.57 Å². The van der Waals surface area contributed by atoms with Crippen LogP contribution in [0.2, 0.25) is 0 Å². The van der Waals surface area contributed by atoms with Crippen LogP contribution in [0.5, 0.6) is 0 Å². The quantitative estimate of drug-likeness (QED) is 0.0258. The van der Waals surface area contributed by atoms with Gasteiger partial charge in [-0.05, 0) is 138 Å². The van der Waals surface area contributed by atoms with Gasteiger partial charge in [-0.15, -0.1) is 0 Å². The Labute approximate surface area is 427 Å². The van der Waals surface area contributed by atoms with E-state index in [0.717, 1.165) is 15.6 Å². The van der Waals surface area contributed by atoms with Gasteiger partial charge >= 0.3 is 36.0 Å². The fourth-order valence-corrected chi connectivity index (χ4v) is 7.13. The van der Waals surface area contributed by atoms with Gasteiger partial charge in [0, 0.05) is 48.9 Å². The van der Waals surface area contributed by atoms with Gasteiger partial charge in [0.2, 0.25) is 23.6 Å². The van der Waals surface area contributed by atoms with Gasteiger partial charge < -0.3 is 62.4 Å². The second-order valence-corrected chi connectivity index (χ2v) is 19.1. The first-order valence-corrected chi connectivity index (χ1v) is 24.9. The molecule has 0 aromatic heterocycles. The molecule has 0 bridgehead atoms. The summed E-state index contributed by atoms with van der Waals surface area (Å²) >= 11 is 2.22. The molecule has 0 fully saturated rings. The van der Waals surface area contributed by atoms with E-state index >= 15 is 0 Å². The lowest BCUT2D eigenvalue weighted by Gasteiger charge is -2.22. The largest absolute Gasteiger partial charge is 0.481 e. The molecule has 0 aliphatic carbocycles. The highest BCUT2D eigenvalue weighted by Crippen LogP contribution is 2.12. The molecule has 1 aromatic rings. The highest BCUT2D eigenvalue weighted by Gasteiger charge is 2.30. The van der Waals surface area contributed by atoms with Crippen LogP contribution in [0.15, 0.2) is 24.3 Å². The van der Waals surface area contributed by atoms with E-state index in [1.54, 1.807) is 20.8 Å². The molecule has 11 N–H and O–H groups in total. The average molecular weight is 1120 g/mol. The molecule has 7 amide bonds. The standard InChI is InChI=1S/C47H72IN7O16/c1-47(2,3)71-46(70)51-29-12-9-16-33(41(62)53-32(40(61)44(67)68)15-8-11-28-49-36(56)18-13-14-30-19-21-31(48)22-20-30)52-38(58)17-7-5-4-6-10-27-50-37(57)25-23-34(42(63)64)54-45(69)55-35(43(65)66)24-26-39(59)60/h19-22,32-35H,4-18,23-29H2,1-3H3,(H,49,56)(H,50,57)(H,51,70)(H,52,58)(H,53,62)(H,59,60)(H,63,64)(H,65,66)(H,67,68)(H2,54,55,69)/t32-,33?,34?,35?/m0/s1. The summed E-state index contributed by atoms with van der Waals surface area (Å²) in [5.74, 6) is -9.04. The number of alkyl carbamates (subject to hydrolysis) is 1. The number of hydrogen-bond acceptors (Lipinski definition) is 12. The summed E-state index contributed by atoms with van der Waals surface area (Å²) in [6.07, 6.45) is 4.12. The molecule has 0 saturated heterocycles. The molecular formula is C47H72IN7O16. The SMILES string of the molecule is CC(C)(C)OC(=O)NCCCCC(NC(=O)CCCCCCCNC(=O)CCC(NC(=O)NC(CCC(=O)O)C(=O)O)C(=O)O)C(=O)N[C@@H](CCCCNC(=O)CCCc1ccc(I)cc1)C(=O)C(=O)O. The zero-order valence-electron chi connectivity index (χ0n) is 40.7. The zero-order chi connectivity index (χ0) is 53.4. The van der Waals surface area contributed by atoms with Crippen molar-refractivity contribution in [1.29, 1.82) is 0 Å². The van der Waals surface area contributed by atoms with Gasteiger partial charge in [0.15, 0.2) is 0 Å². The molecule has 398 valence electrons. The van der Waals surface area contributed by atoms with E-state index in [2.05, 4.69) is 54.5 Å². The van der Waals surface area contributed by atoms with Gasteiger partial charge in [-0.1, -0.05) is 31.4 Å². The molecule has 4 atom stereocenters. The molecule has 0 aliphatic heterocycles. The summed E-state index contributed by atoms with van der Waals surface area (Å²) in [4.78, 5) is 134. The van der Waals surface area contributed by atoms with Crippen molar-refractivity contribution in [2.45, 2.75) is 173 Å². The minimum Gasteiger partial charge on any atom is -0.481 e. The Kier molecular flexibility index (Phi) is 31.1. The minimum absolute atomic E-state index is 0.0235. The van der Waals surface area contributed by atoms with E-state index in [9.17, 15) is 68.1 Å². The Bertz CT molecular complexity index is 1930. The van der Waals surface area contributed by atoms with Crippen LogP contribution in [0.3, 0.4) is 0 Å². The Morgan fingerprint density at radius 1 is 0.521 bits per heavy atom. The first-order chi connectivity index (χ1) is 33.5. The van der Waals surface area contributed by atoms with Crippen LogP contribution >= 0.6 is 22.6 Å². The predicted octanol–water partition coefficient (Wildman–Crippen LogP) is 3.53. The number of halogens is 1. The number of aliphatic carboxylic acids is 4. The number of nitrogens with one attached hydrogen (secondary N) is 7. The summed E-state index contributed by atoms with van der Waals surface area (Å²) in [7, 11) is 0. The smallest absolute Gasteiger partial charge is 0.407 e. The molecule has 3 unspecified atom stereocenters. The monoisotopic (exact) mass is 1120 g/mol. The molecule has 23 nitrogen and oxygen atoms in total. The zero-order valence-corrected chi connectivity index (χ0v) is 42.9. The topological polar surface area (TPSA) is 362 Å². The van der Waals surface area contributed by atoms with E-state index < -0.39 is 102 Å². The molecule has 1 rings (SSSR count). The number of carbonyl (C=O) groups excluding carboxylic acids is 7. The number of ether oxygens (including phenoxy) is 1. The summed E-state index contributed by atoms with van der Waals surface area (Å²) in [6.45, 7) is 5.92. The summed E-state index contributed by atoms with van der Waals surface area (Å²) in [5.41, 5.74) is 0.425. The Morgan fingerprint density at radius 2 is 1.01 bits per heavy atom. The molecule has 0 spiro atoms.